The van der Waals surface area contributed by atoms with Crippen molar-refractivity contribution in [3.8, 4) is 6.01 Å². The van der Waals surface area contributed by atoms with Gasteiger partial charge >= 0.3 is 18.2 Å². The number of alkyl halides is 3. The minimum Gasteiger partial charge on any atom is -0.466 e. The molecule has 2 fully saturated rings. The average Bonchev–Trinajstić information content (AvgIpc) is 3.71. The zero-order valence-corrected chi connectivity index (χ0v) is 23.1. The lowest BCUT2D eigenvalue weighted by Crippen LogP contribution is -2.34. The molecule has 2 aliphatic rings. The summed E-state index contributed by atoms with van der Waals surface area (Å²) in [5.41, 5.74) is -1.27. The van der Waals surface area contributed by atoms with Gasteiger partial charge in [0.2, 0.25) is 5.13 Å². The van der Waals surface area contributed by atoms with E-state index in [9.17, 15) is 26.4 Å². The van der Waals surface area contributed by atoms with E-state index in [-0.39, 0.29) is 51.5 Å². The summed E-state index contributed by atoms with van der Waals surface area (Å²) in [6.07, 6.45) is -1.72. The molecule has 6 rings (SSSR count). The van der Waals surface area contributed by atoms with Crippen LogP contribution >= 0.6 is 11.5 Å². The Balaban J connectivity index is 1.21. The van der Waals surface area contributed by atoms with E-state index in [1.807, 2.05) is 0 Å². The molecule has 4 aromatic rings. The molecule has 41 heavy (non-hydrogen) atoms. The maximum absolute atomic E-state index is 14.1. The van der Waals surface area contributed by atoms with E-state index in [1.165, 1.54) is 31.5 Å². The number of fused-ring (bicyclic) bond motifs is 2. The number of anilines is 2. The van der Waals surface area contributed by atoms with Gasteiger partial charge in [-0.1, -0.05) is 18.2 Å². The highest BCUT2D eigenvalue weighted by Gasteiger charge is 2.44. The minimum absolute atomic E-state index is 0.00354. The first-order valence-electron chi connectivity index (χ1n) is 12.6. The quantitative estimate of drug-likeness (QED) is 0.328. The number of amides is 2. The number of aromatic nitrogens is 4. The van der Waals surface area contributed by atoms with Crippen LogP contribution in [0.15, 0.2) is 53.7 Å². The van der Waals surface area contributed by atoms with E-state index < -0.39 is 21.8 Å². The fourth-order valence-electron chi connectivity index (χ4n) is 5.64. The second-order valence-corrected chi connectivity index (χ2v) is 12.5. The number of hydrogen-bond donors (Lipinski definition) is 2. The summed E-state index contributed by atoms with van der Waals surface area (Å²) in [7, 11) is -2.65. The monoisotopic (exact) mass is 607 g/mol. The Morgan fingerprint density at radius 1 is 1.12 bits per heavy atom. The molecule has 1 aliphatic carbocycles. The lowest BCUT2D eigenvalue weighted by atomic mass is 10.0. The van der Waals surface area contributed by atoms with Gasteiger partial charge in [-0.15, -0.1) is 4.37 Å². The van der Waals surface area contributed by atoms with Crippen molar-refractivity contribution in [1.29, 1.82) is 0 Å². The van der Waals surface area contributed by atoms with Gasteiger partial charge in [0.1, 0.15) is 0 Å². The number of rotatable bonds is 6. The summed E-state index contributed by atoms with van der Waals surface area (Å²) in [5, 5.41) is 6.14. The number of carbonyl (C=O) groups is 1. The number of benzene rings is 1. The first kappa shape index (κ1) is 27.3. The largest absolute Gasteiger partial charge is 0.466 e. The van der Waals surface area contributed by atoms with E-state index in [0.29, 0.717) is 37.3 Å². The lowest BCUT2D eigenvalue weighted by Gasteiger charge is -2.22. The SMILES string of the molecule is COc1nsc(NC(=O)N2C[C@H]3C[C@H](Nc4c(C(F)(F)F)cnc5c4ccn5S(=O)(=O)c4ccccc4)C[C@H]3C2)n1. The van der Waals surface area contributed by atoms with Gasteiger partial charge in [0.15, 0.2) is 5.65 Å². The summed E-state index contributed by atoms with van der Waals surface area (Å²) >= 11 is 0.999. The Bertz CT molecular complexity index is 1700. The van der Waals surface area contributed by atoms with E-state index in [1.54, 1.807) is 23.1 Å². The fraction of sp³-hybridized carbons (Fsp3) is 0.360. The molecule has 1 aromatic carbocycles. The average molecular weight is 608 g/mol. The normalized spacial score (nSPS) is 20.8. The van der Waals surface area contributed by atoms with E-state index >= 15 is 0 Å². The number of carbonyl (C=O) groups excluding carboxylic acids is 1. The van der Waals surface area contributed by atoms with Crippen LogP contribution < -0.4 is 15.4 Å². The van der Waals surface area contributed by atoms with Gasteiger partial charge in [-0.3, -0.25) is 5.32 Å². The van der Waals surface area contributed by atoms with Gasteiger partial charge in [0.25, 0.3) is 10.0 Å². The molecule has 0 bridgehead atoms. The Hall–Kier alpha value is -3.92. The third kappa shape index (κ3) is 5.05. The number of methoxy groups -OCH3 is 1. The number of nitrogens with zero attached hydrogens (tertiary/aromatic N) is 5. The van der Waals surface area contributed by atoms with Crippen LogP contribution in [0.3, 0.4) is 0 Å². The summed E-state index contributed by atoms with van der Waals surface area (Å²) in [6, 6.07) is 8.50. The molecule has 1 saturated carbocycles. The van der Waals surface area contributed by atoms with Crippen LogP contribution in [-0.4, -0.2) is 63.9 Å². The third-order valence-corrected chi connectivity index (χ3v) is 9.77. The minimum atomic E-state index is -4.71. The number of hydrogen-bond acceptors (Lipinski definition) is 9. The number of urea groups is 1. The summed E-state index contributed by atoms with van der Waals surface area (Å²) < 4.78 is 78.4. The highest BCUT2D eigenvalue weighted by atomic mass is 32.2. The van der Waals surface area contributed by atoms with Gasteiger partial charge < -0.3 is 15.0 Å². The number of ether oxygens (including phenoxy) is 1. The Morgan fingerprint density at radius 3 is 2.46 bits per heavy atom. The second kappa shape index (κ2) is 10.2. The molecule has 0 radical (unpaired) electrons. The summed E-state index contributed by atoms with van der Waals surface area (Å²) in [5.74, 6) is 0.189. The molecular formula is C25H24F3N7O4S2. The number of halogens is 3. The zero-order valence-electron chi connectivity index (χ0n) is 21.5. The van der Waals surface area contributed by atoms with Crippen LogP contribution in [0.25, 0.3) is 11.0 Å². The highest BCUT2D eigenvalue weighted by molar-refractivity contribution is 7.90. The summed E-state index contributed by atoms with van der Waals surface area (Å²) in [6.45, 7) is 0.905. The maximum Gasteiger partial charge on any atom is 0.419 e. The highest BCUT2D eigenvalue weighted by Crippen LogP contribution is 2.43. The molecule has 3 atom stereocenters. The topological polar surface area (TPSA) is 131 Å². The van der Waals surface area contributed by atoms with Crippen molar-refractivity contribution in [2.75, 3.05) is 30.8 Å². The van der Waals surface area contributed by atoms with Crippen molar-refractivity contribution >= 4 is 49.4 Å². The molecule has 0 spiro atoms. The van der Waals surface area contributed by atoms with Crippen LogP contribution in [0.2, 0.25) is 0 Å². The molecule has 2 N–H and O–H groups in total. The molecule has 11 nitrogen and oxygen atoms in total. The molecule has 0 unspecified atom stereocenters. The van der Waals surface area contributed by atoms with Crippen molar-refractivity contribution in [1.82, 2.24) is 23.2 Å². The first-order chi connectivity index (χ1) is 19.5. The third-order valence-electron chi connectivity index (χ3n) is 7.48. The fourth-order valence-corrected chi connectivity index (χ4v) is 7.49. The van der Waals surface area contributed by atoms with Crippen molar-refractivity contribution < 1.29 is 31.1 Å². The number of pyridine rings is 1. The summed E-state index contributed by atoms with van der Waals surface area (Å²) in [4.78, 5) is 22.3. The molecule has 1 aliphatic heterocycles. The Labute approximate surface area is 236 Å². The maximum atomic E-state index is 14.1. The molecule has 2 amide bonds. The number of likely N-dealkylation sites (tertiary alicyclic amines) is 1. The van der Waals surface area contributed by atoms with Crippen LogP contribution in [0.4, 0.5) is 28.8 Å². The van der Waals surface area contributed by atoms with Crippen LogP contribution in [0, 0.1) is 11.8 Å². The molecule has 1 saturated heterocycles. The van der Waals surface area contributed by atoms with Gasteiger partial charge in [-0.05, 0) is 42.9 Å². The smallest absolute Gasteiger partial charge is 0.419 e. The van der Waals surface area contributed by atoms with Gasteiger partial charge in [0, 0.05) is 48.4 Å². The van der Waals surface area contributed by atoms with Gasteiger partial charge in [0.05, 0.1) is 23.3 Å². The Morgan fingerprint density at radius 2 is 1.83 bits per heavy atom. The van der Waals surface area contributed by atoms with Gasteiger partial charge in [-0.25, -0.2) is 22.2 Å². The van der Waals surface area contributed by atoms with Crippen molar-refractivity contribution in [2.24, 2.45) is 11.8 Å². The molecule has 216 valence electrons. The van der Waals surface area contributed by atoms with Gasteiger partial charge in [-0.2, -0.15) is 18.2 Å². The van der Waals surface area contributed by atoms with Crippen LogP contribution in [0.5, 0.6) is 6.01 Å². The molecular weight excluding hydrogens is 583 g/mol. The predicted octanol–water partition coefficient (Wildman–Crippen LogP) is 4.51. The lowest BCUT2D eigenvalue weighted by molar-refractivity contribution is -0.137. The van der Waals surface area contributed by atoms with Crippen LogP contribution in [-0.2, 0) is 16.2 Å². The number of nitrogens with one attached hydrogen (secondary N) is 2. The van der Waals surface area contributed by atoms with E-state index in [0.717, 1.165) is 15.5 Å². The zero-order chi connectivity index (χ0) is 28.9. The van der Waals surface area contributed by atoms with Crippen molar-refractivity contribution in [2.45, 2.75) is 30.0 Å². The Kier molecular flexibility index (Phi) is 6.76. The van der Waals surface area contributed by atoms with E-state index in [2.05, 4.69) is 25.0 Å². The van der Waals surface area contributed by atoms with Crippen molar-refractivity contribution in [3.63, 3.8) is 0 Å². The molecule has 4 heterocycles. The second-order valence-electron chi connectivity index (χ2n) is 9.97. The molecule has 3 aromatic heterocycles. The molecule has 16 heteroatoms. The standard InChI is InChI=1S/C25H24F3N7O4S2/c1-39-22-31-23(40-33-22)32-24(36)34-12-14-9-16(10-15(14)13-34)30-20-18-7-8-35(21(18)29-11-19(20)25(26,27)28)41(37,38)17-5-3-2-4-6-17/h2-8,11,14-16H,9-10,12-13H2,1H3,(H,29,30)(H,31,32,33,36)/t14-,15+,16+. The first-order valence-corrected chi connectivity index (χ1v) is 14.8. The van der Waals surface area contributed by atoms with Crippen LogP contribution in [0.1, 0.15) is 18.4 Å². The van der Waals surface area contributed by atoms with E-state index in [4.69, 9.17) is 4.74 Å². The predicted molar refractivity (Wildman–Crippen MR) is 144 cm³/mol. The van der Waals surface area contributed by atoms with Crippen molar-refractivity contribution in [3.05, 3.63) is 54.4 Å².